The minimum Gasteiger partial charge on any atom is -0.448 e. The summed E-state index contributed by atoms with van der Waals surface area (Å²) in [6.45, 7) is 5.06. The van der Waals surface area contributed by atoms with E-state index in [1.165, 1.54) is 16.2 Å². The predicted molar refractivity (Wildman–Crippen MR) is 132 cm³/mol. The summed E-state index contributed by atoms with van der Waals surface area (Å²) in [5.41, 5.74) is 12.1. The normalized spacial score (nSPS) is 19.2. The quantitative estimate of drug-likeness (QED) is 0.228. The smallest absolute Gasteiger partial charge is 0.435 e. The fourth-order valence-corrected chi connectivity index (χ4v) is 4.81. The van der Waals surface area contributed by atoms with Crippen molar-refractivity contribution in [2.24, 2.45) is 22.4 Å². The summed E-state index contributed by atoms with van der Waals surface area (Å²) in [6, 6.07) is 0.881. The zero-order valence-electron chi connectivity index (χ0n) is 20.2. The van der Waals surface area contributed by atoms with E-state index in [9.17, 15) is 14.4 Å². The molecule has 1 fully saturated rings. The molecule has 0 aromatic carbocycles. The Bertz CT molecular complexity index is 859. The average molecular weight is 496 g/mol. The van der Waals surface area contributed by atoms with Crippen LogP contribution in [0.4, 0.5) is 4.79 Å². The number of rotatable bonds is 12. The molecule has 1 aliphatic heterocycles. The lowest BCUT2D eigenvalue weighted by atomic mass is 10.1. The molecular formula is C23H37N5O5S. The van der Waals surface area contributed by atoms with Gasteiger partial charge in [0.1, 0.15) is 11.9 Å². The van der Waals surface area contributed by atoms with Crippen LogP contribution in [0.5, 0.6) is 0 Å². The van der Waals surface area contributed by atoms with E-state index in [4.69, 9.17) is 20.9 Å². The van der Waals surface area contributed by atoms with Gasteiger partial charge in [0.2, 0.25) is 11.8 Å². The lowest BCUT2D eigenvalue weighted by Gasteiger charge is -2.24. The number of hydrogen-bond acceptors (Lipinski definition) is 7. The van der Waals surface area contributed by atoms with E-state index in [0.29, 0.717) is 31.7 Å². The van der Waals surface area contributed by atoms with Gasteiger partial charge in [-0.1, -0.05) is 26.2 Å². The van der Waals surface area contributed by atoms with Crippen LogP contribution < -0.4 is 16.8 Å². The van der Waals surface area contributed by atoms with Gasteiger partial charge in [-0.05, 0) is 25.8 Å². The van der Waals surface area contributed by atoms with Crippen LogP contribution in [0.2, 0.25) is 0 Å². The van der Waals surface area contributed by atoms with Gasteiger partial charge in [0.05, 0.1) is 25.8 Å². The minimum atomic E-state index is -0.709. The first-order valence-corrected chi connectivity index (χ1v) is 12.6. The Balaban J connectivity index is 1.95. The molecular weight excluding hydrogens is 458 g/mol. The number of carbonyl (C=O) groups is 3. The number of nitrogens with two attached hydrogens (primary N) is 2. The molecule has 2 unspecified atom stereocenters. The molecule has 1 aromatic heterocycles. The van der Waals surface area contributed by atoms with Crippen LogP contribution in [0.25, 0.3) is 0 Å². The average Bonchev–Trinajstić information content (AvgIpc) is 3.46. The summed E-state index contributed by atoms with van der Waals surface area (Å²) >= 11 is 1.40. The number of likely N-dealkylation sites (tertiary alicyclic amines) is 1. The second kappa shape index (κ2) is 14.0. The Morgan fingerprint density at radius 3 is 2.76 bits per heavy atom. The van der Waals surface area contributed by atoms with Crippen molar-refractivity contribution < 1.29 is 23.9 Å². The van der Waals surface area contributed by atoms with Gasteiger partial charge in [0, 0.05) is 35.4 Å². The third-order valence-electron chi connectivity index (χ3n) is 5.72. The second-order valence-corrected chi connectivity index (χ2v) is 9.41. The molecule has 190 valence electrons. The van der Waals surface area contributed by atoms with Gasteiger partial charge < -0.3 is 31.2 Å². The molecule has 0 saturated carbocycles. The lowest BCUT2D eigenvalue weighted by molar-refractivity contribution is -0.137. The summed E-state index contributed by atoms with van der Waals surface area (Å²) in [5, 5.41) is 4.75. The van der Waals surface area contributed by atoms with Crippen LogP contribution in [0, 0.1) is 5.92 Å². The predicted octanol–water partition coefficient (Wildman–Crippen LogP) is 2.17. The van der Waals surface area contributed by atoms with Gasteiger partial charge in [-0.2, -0.15) is 4.99 Å². The van der Waals surface area contributed by atoms with Crippen LogP contribution >= 0.6 is 11.3 Å². The van der Waals surface area contributed by atoms with Crippen LogP contribution in [0.3, 0.4) is 0 Å². The van der Waals surface area contributed by atoms with Gasteiger partial charge in [0.25, 0.3) is 0 Å². The number of unbranched alkanes of at least 4 members (excludes halogenated alkanes) is 3. The SMILES string of the molecule is CCCCCCOC(=O)/N=C(/N)c1csc([C@@H](C)NC(=O)C2CC(COC)CN2C(=O)CN)c1. The molecule has 2 rings (SSSR count). The van der Waals surface area contributed by atoms with Gasteiger partial charge in [-0.15, -0.1) is 11.3 Å². The van der Waals surface area contributed by atoms with E-state index in [1.54, 1.807) is 18.6 Å². The third kappa shape index (κ3) is 8.07. The first-order chi connectivity index (χ1) is 16.3. The highest BCUT2D eigenvalue weighted by molar-refractivity contribution is 7.10. The van der Waals surface area contributed by atoms with Crippen LogP contribution in [-0.4, -0.2) is 68.1 Å². The third-order valence-corrected chi connectivity index (χ3v) is 6.84. The van der Waals surface area contributed by atoms with E-state index in [1.807, 2.05) is 6.92 Å². The molecule has 1 aromatic rings. The summed E-state index contributed by atoms with van der Waals surface area (Å²) < 4.78 is 10.3. The Morgan fingerprint density at radius 2 is 2.09 bits per heavy atom. The van der Waals surface area contributed by atoms with Crippen molar-refractivity contribution in [2.45, 2.75) is 58.0 Å². The Hall–Kier alpha value is -2.50. The molecule has 11 heteroatoms. The summed E-state index contributed by atoms with van der Waals surface area (Å²) in [4.78, 5) is 43.3. The van der Waals surface area contributed by atoms with Crippen molar-refractivity contribution in [3.8, 4) is 0 Å². The van der Waals surface area contributed by atoms with Crippen molar-refractivity contribution in [3.05, 3.63) is 21.9 Å². The molecule has 10 nitrogen and oxygen atoms in total. The highest BCUT2D eigenvalue weighted by Gasteiger charge is 2.39. The molecule has 0 spiro atoms. The molecule has 3 atom stereocenters. The second-order valence-electron chi connectivity index (χ2n) is 8.46. The number of amidine groups is 1. The first kappa shape index (κ1) is 27.7. The number of amides is 3. The number of ether oxygens (including phenoxy) is 2. The number of nitrogens with zero attached hydrogens (tertiary/aromatic N) is 2. The molecule has 1 aliphatic rings. The van der Waals surface area contributed by atoms with E-state index < -0.39 is 12.1 Å². The topological polar surface area (TPSA) is 149 Å². The van der Waals surface area contributed by atoms with Crippen LogP contribution in [0.1, 0.15) is 62.4 Å². The molecule has 34 heavy (non-hydrogen) atoms. The Morgan fingerprint density at radius 1 is 1.32 bits per heavy atom. The van der Waals surface area contributed by atoms with Crippen molar-refractivity contribution in [3.63, 3.8) is 0 Å². The Kier molecular flexibility index (Phi) is 11.4. The van der Waals surface area contributed by atoms with E-state index in [2.05, 4.69) is 17.2 Å². The number of carbonyl (C=O) groups excluding carboxylic acids is 3. The molecule has 0 radical (unpaired) electrons. The molecule has 0 aliphatic carbocycles. The number of methoxy groups -OCH3 is 1. The highest BCUT2D eigenvalue weighted by Crippen LogP contribution is 2.26. The van der Waals surface area contributed by atoms with Gasteiger partial charge in [0.15, 0.2) is 0 Å². The van der Waals surface area contributed by atoms with Gasteiger partial charge in [-0.3, -0.25) is 9.59 Å². The largest absolute Gasteiger partial charge is 0.448 e. The zero-order valence-corrected chi connectivity index (χ0v) is 21.1. The molecule has 0 bridgehead atoms. The van der Waals surface area contributed by atoms with Gasteiger partial charge >= 0.3 is 6.09 Å². The summed E-state index contributed by atoms with van der Waals surface area (Å²) in [6.07, 6.45) is 3.83. The summed E-state index contributed by atoms with van der Waals surface area (Å²) in [7, 11) is 1.60. The van der Waals surface area contributed by atoms with Gasteiger partial charge in [-0.25, -0.2) is 4.79 Å². The maximum atomic E-state index is 13.0. The maximum absolute atomic E-state index is 13.0. The number of nitrogens with one attached hydrogen (secondary N) is 1. The summed E-state index contributed by atoms with van der Waals surface area (Å²) in [5.74, 6) is -0.345. The standard InChI is InChI=1S/C23H37N5O5S/c1-4-5-6-7-8-33-23(31)27-21(25)17-10-19(34-14-17)15(2)26-22(30)18-9-16(13-32-3)12-28(18)20(29)11-24/h10,14-16,18H,4-9,11-13,24H2,1-3H3,(H,26,30)(H2,25,27,31)/t15-,16?,18?/m1/s1. The maximum Gasteiger partial charge on any atom is 0.435 e. The zero-order chi connectivity index (χ0) is 25.1. The molecule has 1 saturated heterocycles. The van der Waals surface area contributed by atoms with E-state index >= 15 is 0 Å². The van der Waals surface area contributed by atoms with Crippen molar-refractivity contribution >= 4 is 35.1 Å². The van der Waals surface area contributed by atoms with E-state index in [-0.39, 0.29) is 36.2 Å². The molecule has 3 amide bonds. The minimum absolute atomic E-state index is 0.0671. The monoisotopic (exact) mass is 495 g/mol. The number of hydrogen-bond donors (Lipinski definition) is 3. The highest BCUT2D eigenvalue weighted by atomic mass is 32.1. The number of aliphatic imine (C=N–C) groups is 1. The number of thiophene rings is 1. The van der Waals surface area contributed by atoms with Crippen LogP contribution in [0.15, 0.2) is 16.4 Å². The van der Waals surface area contributed by atoms with Crippen molar-refractivity contribution in [1.82, 2.24) is 10.2 Å². The molecule has 2 heterocycles. The molecule has 5 N–H and O–H groups in total. The van der Waals surface area contributed by atoms with Crippen LogP contribution in [-0.2, 0) is 19.1 Å². The Labute approximate surface area is 205 Å². The van der Waals surface area contributed by atoms with Crippen molar-refractivity contribution in [2.75, 3.05) is 33.4 Å². The van der Waals surface area contributed by atoms with E-state index in [0.717, 1.165) is 30.6 Å². The van der Waals surface area contributed by atoms with Crippen molar-refractivity contribution in [1.29, 1.82) is 0 Å². The fourth-order valence-electron chi connectivity index (χ4n) is 3.90. The first-order valence-electron chi connectivity index (χ1n) is 11.7. The fraction of sp³-hybridized carbons (Fsp3) is 0.652. The lowest BCUT2D eigenvalue weighted by Crippen LogP contribution is -2.48.